The third kappa shape index (κ3) is 8.68. The standard InChI is InChI=1S/C27H31N3O3S2/c1-2-16-28-26(32)15-18-34-35-19-17-29-25(31)13-14-27(33)30-20-23-9-4-3-7-21(23)11-12-22-8-5-6-10-24(22)30/h3-10H,2,13-20H2,1H3,(H,28,32)(H,29,31). The van der Waals surface area contributed by atoms with Crippen molar-refractivity contribution in [2.45, 2.75) is 39.2 Å². The molecule has 0 atom stereocenters. The van der Waals surface area contributed by atoms with Crippen molar-refractivity contribution in [1.29, 1.82) is 0 Å². The maximum absolute atomic E-state index is 13.2. The van der Waals surface area contributed by atoms with E-state index >= 15 is 0 Å². The Morgan fingerprint density at radius 1 is 0.829 bits per heavy atom. The van der Waals surface area contributed by atoms with Gasteiger partial charge in [0, 0.05) is 55.0 Å². The molecule has 35 heavy (non-hydrogen) atoms. The maximum atomic E-state index is 13.2. The van der Waals surface area contributed by atoms with E-state index in [9.17, 15) is 14.4 Å². The van der Waals surface area contributed by atoms with Crippen molar-refractivity contribution in [2.75, 3.05) is 29.5 Å². The first kappa shape index (κ1) is 26.7. The normalized spacial score (nSPS) is 11.7. The maximum Gasteiger partial charge on any atom is 0.227 e. The number of nitrogens with zero attached hydrogens (tertiary/aromatic N) is 1. The Morgan fingerprint density at radius 3 is 2.31 bits per heavy atom. The minimum atomic E-state index is -0.136. The van der Waals surface area contributed by atoms with Crippen LogP contribution in [0.5, 0.6) is 0 Å². The van der Waals surface area contributed by atoms with Gasteiger partial charge in [-0.25, -0.2) is 0 Å². The zero-order valence-corrected chi connectivity index (χ0v) is 21.6. The van der Waals surface area contributed by atoms with Crippen LogP contribution in [0.4, 0.5) is 5.69 Å². The number of nitrogens with one attached hydrogen (secondary N) is 2. The third-order valence-corrected chi connectivity index (χ3v) is 7.72. The Labute approximate surface area is 215 Å². The number of anilines is 1. The molecule has 3 rings (SSSR count). The summed E-state index contributed by atoms with van der Waals surface area (Å²) in [6, 6.07) is 15.5. The first-order valence-corrected chi connectivity index (χ1v) is 14.3. The molecule has 0 unspecified atom stereocenters. The van der Waals surface area contributed by atoms with E-state index in [-0.39, 0.29) is 30.6 Å². The summed E-state index contributed by atoms with van der Waals surface area (Å²) < 4.78 is 0. The van der Waals surface area contributed by atoms with Gasteiger partial charge in [-0.1, -0.05) is 70.7 Å². The van der Waals surface area contributed by atoms with E-state index in [4.69, 9.17) is 0 Å². The fourth-order valence-electron chi connectivity index (χ4n) is 3.49. The van der Waals surface area contributed by atoms with Gasteiger partial charge in [-0.2, -0.15) is 0 Å². The highest BCUT2D eigenvalue weighted by molar-refractivity contribution is 8.76. The molecule has 0 aromatic heterocycles. The second-order valence-corrected chi connectivity index (χ2v) is 10.7. The van der Waals surface area contributed by atoms with Gasteiger partial charge in [-0.3, -0.25) is 14.4 Å². The Bertz CT molecular complexity index is 1090. The van der Waals surface area contributed by atoms with Crippen LogP contribution in [-0.2, 0) is 20.9 Å². The number of amides is 3. The Balaban J connectivity index is 1.43. The zero-order chi connectivity index (χ0) is 24.9. The highest BCUT2D eigenvalue weighted by Gasteiger charge is 2.21. The van der Waals surface area contributed by atoms with Crippen molar-refractivity contribution in [3.05, 3.63) is 65.2 Å². The summed E-state index contributed by atoms with van der Waals surface area (Å²) >= 11 is 0. The van der Waals surface area contributed by atoms with Crippen LogP contribution in [0.3, 0.4) is 0 Å². The van der Waals surface area contributed by atoms with E-state index in [0.29, 0.717) is 19.5 Å². The number of carbonyl (C=O) groups is 3. The highest BCUT2D eigenvalue weighted by Crippen LogP contribution is 2.26. The Morgan fingerprint density at radius 2 is 1.49 bits per heavy atom. The van der Waals surface area contributed by atoms with Gasteiger partial charge in [0.1, 0.15) is 0 Å². The second-order valence-electron chi connectivity index (χ2n) is 8.00. The molecule has 1 heterocycles. The molecule has 6 nitrogen and oxygen atoms in total. The summed E-state index contributed by atoms with van der Waals surface area (Å²) in [5, 5.41) is 5.74. The predicted molar refractivity (Wildman–Crippen MR) is 145 cm³/mol. The first-order chi connectivity index (χ1) is 17.1. The molecule has 0 spiro atoms. The number of carbonyl (C=O) groups excluding carboxylic acids is 3. The van der Waals surface area contributed by atoms with Crippen LogP contribution in [0.15, 0.2) is 48.5 Å². The topological polar surface area (TPSA) is 78.5 Å². The average Bonchev–Trinajstić information content (AvgIpc) is 2.86. The van der Waals surface area contributed by atoms with Crippen molar-refractivity contribution in [3.63, 3.8) is 0 Å². The molecule has 1 aliphatic heterocycles. The molecule has 0 bridgehead atoms. The van der Waals surface area contributed by atoms with Crippen LogP contribution >= 0.6 is 21.6 Å². The lowest BCUT2D eigenvalue weighted by Gasteiger charge is -2.26. The quantitative estimate of drug-likeness (QED) is 0.256. The zero-order valence-electron chi connectivity index (χ0n) is 20.0. The molecule has 3 amide bonds. The molecule has 1 aliphatic rings. The first-order valence-electron chi connectivity index (χ1n) is 11.9. The van der Waals surface area contributed by atoms with E-state index in [1.165, 1.54) is 0 Å². The minimum Gasteiger partial charge on any atom is -0.356 e. The lowest BCUT2D eigenvalue weighted by Crippen LogP contribution is -2.33. The summed E-state index contributed by atoms with van der Waals surface area (Å²) in [5.41, 5.74) is 3.48. The summed E-state index contributed by atoms with van der Waals surface area (Å²) in [5.74, 6) is 7.73. The molecule has 184 valence electrons. The third-order valence-electron chi connectivity index (χ3n) is 5.32. The van der Waals surface area contributed by atoms with E-state index in [2.05, 4.69) is 22.5 Å². The van der Waals surface area contributed by atoms with Gasteiger partial charge in [-0.05, 0) is 30.2 Å². The SMILES string of the molecule is CCCNC(=O)CCSSCCNC(=O)CCC(=O)N1Cc2ccccc2C#Cc2ccccc21. The van der Waals surface area contributed by atoms with Crippen LogP contribution in [0.1, 0.15) is 49.3 Å². The highest BCUT2D eigenvalue weighted by atomic mass is 33.1. The Hall–Kier alpha value is -2.89. The van der Waals surface area contributed by atoms with Gasteiger partial charge in [0.05, 0.1) is 12.2 Å². The van der Waals surface area contributed by atoms with Crippen molar-refractivity contribution in [2.24, 2.45) is 0 Å². The van der Waals surface area contributed by atoms with E-state index in [1.54, 1.807) is 26.5 Å². The average molecular weight is 510 g/mol. The van der Waals surface area contributed by atoms with Gasteiger partial charge in [0.25, 0.3) is 0 Å². The van der Waals surface area contributed by atoms with Gasteiger partial charge in [-0.15, -0.1) is 0 Å². The van der Waals surface area contributed by atoms with E-state index in [0.717, 1.165) is 46.8 Å². The molecule has 2 aromatic carbocycles. The molecule has 0 aliphatic carbocycles. The molecule has 0 fully saturated rings. The van der Waals surface area contributed by atoms with Gasteiger partial charge in [0.2, 0.25) is 17.7 Å². The number of para-hydroxylation sites is 1. The van der Waals surface area contributed by atoms with Crippen LogP contribution in [0.2, 0.25) is 0 Å². The number of benzene rings is 2. The molecule has 0 saturated carbocycles. The Kier molecular flexibility index (Phi) is 11.1. The minimum absolute atomic E-state index is 0.0797. The van der Waals surface area contributed by atoms with Gasteiger partial charge >= 0.3 is 0 Å². The molecule has 0 radical (unpaired) electrons. The van der Waals surface area contributed by atoms with Crippen molar-refractivity contribution < 1.29 is 14.4 Å². The summed E-state index contributed by atoms with van der Waals surface area (Å²) in [6.45, 7) is 3.70. The number of rotatable bonds is 12. The molecule has 2 aromatic rings. The summed E-state index contributed by atoms with van der Waals surface area (Å²) in [4.78, 5) is 38.8. The molecular formula is C27H31N3O3S2. The molecule has 0 saturated heterocycles. The molecular weight excluding hydrogens is 478 g/mol. The monoisotopic (exact) mass is 509 g/mol. The second kappa shape index (κ2) is 14.5. The lowest BCUT2D eigenvalue weighted by molar-refractivity contribution is -0.125. The van der Waals surface area contributed by atoms with Crippen LogP contribution in [0.25, 0.3) is 0 Å². The smallest absolute Gasteiger partial charge is 0.227 e. The van der Waals surface area contributed by atoms with E-state index in [1.807, 2.05) is 55.5 Å². The van der Waals surface area contributed by atoms with Crippen molar-refractivity contribution >= 4 is 45.0 Å². The van der Waals surface area contributed by atoms with Crippen molar-refractivity contribution in [1.82, 2.24) is 10.6 Å². The fourth-order valence-corrected chi connectivity index (χ4v) is 5.39. The van der Waals surface area contributed by atoms with Crippen molar-refractivity contribution in [3.8, 4) is 11.8 Å². The fraction of sp³-hybridized carbons (Fsp3) is 0.370. The predicted octanol–water partition coefficient (Wildman–Crippen LogP) is 4.13. The number of hydrogen-bond acceptors (Lipinski definition) is 5. The van der Waals surface area contributed by atoms with Gasteiger partial charge in [0.15, 0.2) is 0 Å². The molecule has 8 heteroatoms. The van der Waals surface area contributed by atoms with Gasteiger partial charge < -0.3 is 15.5 Å². The summed E-state index contributed by atoms with van der Waals surface area (Å²) in [7, 11) is 3.26. The lowest BCUT2D eigenvalue weighted by atomic mass is 10.0. The van der Waals surface area contributed by atoms with E-state index < -0.39 is 0 Å². The largest absolute Gasteiger partial charge is 0.356 e. The van der Waals surface area contributed by atoms with Crippen LogP contribution in [-0.4, -0.2) is 42.3 Å². The van der Waals surface area contributed by atoms with Crippen LogP contribution in [0, 0.1) is 11.8 Å². The van der Waals surface area contributed by atoms with Crippen LogP contribution < -0.4 is 15.5 Å². The number of fused-ring (bicyclic) bond motifs is 2. The number of hydrogen-bond donors (Lipinski definition) is 2. The molecule has 2 N–H and O–H groups in total. The summed E-state index contributed by atoms with van der Waals surface area (Å²) in [6.07, 6.45) is 1.71.